The number of carbonyl (C=O) groups excluding carboxylic acids is 1. The zero-order valence-electron chi connectivity index (χ0n) is 16.1. The topological polar surface area (TPSA) is 70.1 Å². The molecule has 0 aliphatic heterocycles. The Morgan fingerprint density at radius 3 is 2.52 bits per heavy atom. The van der Waals surface area contributed by atoms with Crippen LogP contribution in [0.4, 0.5) is 0 Å². The average Bonchev–Trinajstić information content (AvgIpc) is 3.14. The Morgan fingerprint density at radius 2 is 1.93 bits per heavy atom. The predicted octanol–water partition coefficient (Wildman–Crippen LogP) is 5.59. The van der Waals surface area contributed by atoms with E-state index >= 15 is 0 Å². The molecule has 0 saturated heterocycles. The van der Waals surface area contributed by atoms with Gasteiger partial charge in [0.15, 0.2) is 5.16 Å². The fraction of sp³-hybridized carbons (Fsp3) is 0.238. The number of nitrogens with two attached hydrogens (primary N) is 1. The van der Waals surface area contributed by atoms with E-state index < -0.39 is 5.91 Å². The Bertz CT molecular complexity index is 1010. The summed E-state index contributed by atoms with van der Waals surface area (Å²) in [6, 6.07) is 13.2. The predicted molar refractivity (Wildman–Crippen MR) is 118 cm³/mol. The van der Waals surface area contributed by atoms with E-state index in [2.05, 4.69) is 4.98 Å². The standard InChI is InChI=1S/C21H21Cl2N3O2S/c1-3-18(14-6-9-16(22)17(23)10-14)26-19(20(24)27)11-25-21(26)29-12-13-4-7-15(28-2)8-5-13/h4-11,18H,3,12H2,1-2H3,(H2,24,27). The summed E-state index contributed by atoms with van der Waals surface area (Å²) < 4.78 is 7.08. The van der Waals surface area contributed by atoms with Gasteiger partial charge in [0.25, 0.3) is 5.91 Å². The number of primary amides is 1. The molecule has 2 N–H and O–H groups in total. The molecule has 3 rings (SSSR count). The van der Waals surface area contributed by atoms with Gasteiger partial charge in [0.05, 0.1) is 29.4 Å². The zero-order chi connectivity index (χ0) is 21.0. The van der Waals surface area contributed by atoms with E-state index in [9.17, 15) is 4.79 Å². The molecular formula is C21H21Cl2N3O2S. The van der Waals surface area contributed by atoms with Crippen LogP contribution in [0.15, 0.2) is 53.8 Å². The van der Waals surface area contributed by atoms with Crippen LogP contribution in [0.2, 0.25) is 10.0 Å². The van der Waals surface area contributed by atoms with Crippen molar-refractivity contribution < 1.29 is 9.53 Å². The quantitative estimate of drug-likeness (QED) is 0.455. The normalized spacial score (nSPS) is 12.0. The van der Waals surface area contributed by atoms with E-state index in [1.807, 2.05) is 47.9 Å². The maximum absolute atomic E-state index is 12.0. The summed E-state index contributed by atoms with van der Waals surface area (Å²) in [6.45, 7) is 2.04. The number of imidazole rings is 1. The molecule has 1 amide bonds. The van der Waals surface area contributed by atoms with E-state index in [0.29, 0.717) is 26.6 Å². The summed E-state index contributed by atoms with van der Waals surface area (Å²) in [6.07, 6.45) is 2.25. The summed E-state index contributed by atoms with van der Waals surface area (Å²) in [5, 5.41) is 1.67. The monoisotopic (exact) mass is 449 g/mol. The molecule has 0 saturated carbocycles. The summed E-state index contributed by atoms with van der Waals surface area (Å²) >= 11 is 13.8. The number of ether oxygens (including phenoxy) is 1. The Balaban J connectivity index is 1.93. The van der Waals surface area contributed by atoms with E-state index in [4.69, 9.17) is 33.7 Å². The van der Waals surface area contributed by atoms with Crippen molar-refractivity contribution in [3.8, 4) is 5.75 Å². The molecule has 0 radical (unpaired) electrons. The summed E-state index contributed by atoms with van der Waals surface area (Å²) in [4.78, 5) is 16.5. The molecule has 0 aliphatic rings. The van der Waals surface area contributed by atoms with Crippen molar-refractivity contribution in [3.05, 3.63) is 75.5 Å². The summed E-state index contributed by atoms with van der Waals surface area (Å²) in [5.41, 5.74) is 8.04. The third kappa shape index (κ3) is 4.89. The first-order chi connectivity index (χ1) is 13.9. The third-order valence-electron chi connectivity index (χ3n) is 4.57. The third-order valence-corrected chi connectivity index (χ3v) is 6.35. The number of rotatable bonds is 8. The molecule has 3 aromatic rings. The molecule has 2 aromatic carbocycles. The highest BCUT2D eigenvalue weighted by Gasteiger charge is 2.23. The molecule has 0 aliphatic carbocycles. The van der Waals surface area contributed by atoms with Crippen LogP contribution >= 0.6 is 35.0 Å². The molecule has 5 nitrogen and oxygen atoms in total. The highest BCUT2D eigenvalue weighted by Crippen LogP contribution is 2.34. The first kappa shape index (κ1) is 21.6. The number of hydrogen-bond acceptors (Lipinski definition) is 4. The second-order valence-corrected chi connectivity index (χ2v) is 8.15. The summed E-state index contributed by atoms with van der Waals surface area (Å²) in [7, 11) is 1.64. The number of methoxy groups -OCH3 is 1. The van der Waals surface area contributed by atoms with Crippen LogP contribution in [0.5, 0.6) is 5.75 Å². The number of thioether (sulfide) groups is 1. The number of amides is 1. The van der Waals surface area contributed by atoms with Gasteiger partial charge < -0.3 is 15.0 Å². The van der Waals surface area contributed by atoms with E-state index in [1.165, 1.54) is 6.20 Å². The van der Waals surface area contributed by atoms with Crippen molar-refractivity contribution in [2.75, 3.05) is 7.11 Å². The van der Waals surface area contributed by atoms with E-state index in [-0.39, 0.29) is 6.04 Å². The number of benzene rings is 2. The average molecular weight is 450 g/mol. The molecule has 152 valence electrons. The number of aromatic nitrogens is 2. The van der Waals surface area contributed by atoms with Crippen LogP contribution in [0.1, 0.15) is 41.0 Å². The van der Waals surface area contributed by atoms with Gasteiger partial charge in [-0.05, 0) is 41.8 Å². The minimum absolute atomic E-state index is 0.145. The highest BCUT2D eigenvalue weighted by atomic mass is 35.5. The highest BCUT2D eigenvalue weighted by molar-refractivity contribution is 7.98. The molecule has 1 unspecified atom stereocenters. The van der Waals surface area contributed by atoms with Crippen molar-refractivity contribution in [1.29, 1.82) is 0 Å². The van der Waals surface area contributed by atoms with Crippen molar-refractivity contribution in [2.24, 2.45) is 5.73 Å². The fourth-order valence-corrected chi connectivity index (χ4v) is 4.38. The Kier molecular flexibility index (Phi) is 7.11. The molecule has 1 aromatic heterocycles. The number of carbonyl (C=O) groups is 1. The van der Waals surface area contributed by atoms with Gasteiger partial charge >= 0.3 is 0 Å². The largest absolute Gasteiger partial charge is 0.497 e. The first-order valence-electron chi connectivity index (χ1n) is 9.02. The van der Waals surface area contributed by atoms with Gasteiger partial charge in [0.2, 0.25) is 0 Å². The van der Waals surface area contributed by atoms with Gasteiger partial charge in [0.1, 0.15) is 11.4 Å². The smallest absolute Gasteiger partial charge is 0.267 e. The van der Waals surface area contributed by atoms with Crippen LogP contribution in [0.3, 0.4) is 0 Å². The van der Waals surface area contributed by atoms with Gasteiger partial charge in [-0.15, -0.1) is 0 Å². The molecule has 1 heterocycles. The molecule has 0 fully saturated rings. The Hall–Kier alpha value is -2.15. The second-order valence-electron chi connectivity index (χ2n) is 6.39. The molecule has 29 heavy (non-hydrogen) atoms. The molecule has 0 bridgehead atoms. The van der Waals surface area contributed by atoms with Crippen molar-refractivity contribution >= 4 is 40.9 Å². The lowest BCUT2D eigenvalue weighted by molar-refractivity contribution is 0.0989. The SMILES string of the molecule is CCC(c1ccc(Cl)c(Cl)c1)n1c(C(N)=O)cnc1SCc1ccc(OC)cc1. The zero-order valence-corrected chi connectivity index (χ0v) is 18.4. The van der Waals surface area contributed by atoms with E-state index in [0.717, 1.165) is 23.3 Å². The van der Waals surface area contributed by atoms with Crippen molar-refractivity contribution in [2.45, 2.75) is 30.3 Å². The molecule has 0 spiro atoms. The van der Waals surface area contributed by atoms with Gasteiger partial charge in [0, 0.05) is 5.75 Å². The lowest BCUT2D eigenvalue weighted by Crippen LogP contribution is -2.21. The van der Waals surface area contributed by atoms with Gasteiger partial charge in [-0.2, -0.15) is 0 Å². The fourth-order valence-electron chi connectivity index (χ4n) is 3.09. The Labute approximate surface area is 184 Å². The number of halogens is 2. The van der Waals surface area contributed by atoms with Gasteiger partial charge in [-0.25, -0.2) is 4.98 Å². The molecule has 1 atom stereocenters. The summed E-state index contributed by atoms with van der Waals surface area (Å²) in [5.74, 6) is 0.978. The Morgan fingerprint density at radius 1 is 1.21 bits per heavy atom. The first-order valence-corrected chi connectivity index (χ1v) is 10.8. The van der Waals surface area contributed by atoms with Crippen LogP contribution < -0.4 is 10.5 Å². The van der Waals surface area contributed by atoms with Crippen molar-refractivity contribution in [1.82, 2.24) is 9.55 Å². The maximum atomic E-state index is 12.0. The van der Waals surface area contributed by atoms with Crippen molar-refractivity contribution in [3.63, 3.8) is 0 Å². The van der Waals surface area contributed by atoms with Crippen LogP contribution in [-0.4, -0.2) is 22.6 Å². The minimum Gasteiger partial charge on any atom is -0.497 e. The van der Waals surface area contributed by atoms with E-state index in [1.54, 1.807) is 24.9 Å². The second kappa shape index (κ2) is 9.57. The van der Waals surface area contributed by atoms with Crippen LogP contribution in [-0.2, 0) is 5.75 Å². The van der Waals surface area contributed by atoms with Gasteiger partial charge in [-0.3, -0.25) is 4.79 Å². The van der Waals surface area contributed by atoms with Crippen LogP contribution in [0, 0.1) is 0 Å². The maximum Gasteiger partial charge on any atom is 0.267 e. The lowest BCUT2D eigenvalue weighted by Gasteiger charge is -2.22. The van der Waals surface area contributed by atoms with Gasteiger partial charge in [-0.1, -0.05) is 60.1 Å². The molecule has 8 heteroatoms. The van der Waals surface area contributed by atoms with Crippen LogP contribution in [0.25, 0.3) is 0 Å². The molecular weight excluding hydrogens is 429 g/mol. The number of nitrogens with zero attached hydrogens (tertiary/aromatic N) is 2. The lowest BCUT2D eigenvalue weighted by atomic mass is 10.0. The number of hydrogen-bond donors (Lipinski definition) is 1. The minimum atomic E-state index is -0.521.